The maximum Gasteiger partial charge on any atom is 0.271 e. The van der Waals surface area contributed by atoms with Gasteiger partial charge in [0.25, 0.3) is 5.91 Å². The Bertz CT molecular complexity index is 746. The average molecular weight is 408 g/mol. The largest absolute Gasteiger partial charge is 0.478 e. The van der Waals surface area contributed by atoms with Crippen LogP contribution in [0, 0.1) is 5.92 Å². The summed E-state index contributed by atoms with van der Waals surface area (Å²) in [7, 11) is 0. The topological polar surface area (TPSA) is 54.5 Å². The molecule has 1 N–H and O–H groups in total. The van der Waals surface area contributed by atoms with Gasteiger partial charge in [0.05, 0.1) is 17.7 Å². The van der Waals surface area contributed by atoms with Crippen LogP contribution in [0.1, 0.15) is 48.1 Å². The van der Waals surface area contributed by atoms with Gasteiger partial charge in [-0.3, -0.25) is 9.69 Å². The number of aromatic nitrogens is 1. The Kier molecular flexibility index (Phi) is 7.10. The molecule has 0 aliphatic carbocycles. The standard InChI is InChI=1S/C20H26ClN3O2S/c1-3-26-18-7-6-15(21)19(23-18)20(25)22-13-16(17-5-4-12-27-17)24-10-8-14(2)9-11-24/h4-7,12,14,16H,3,8-11,13H2,1-2H3,(H,22,25). The highest BCUT2D eigenvalue weighted by molar-refractivity contribution is 7.10. The number of thiophene rings is 1. The average Bonchev–Trinajstić information content (AvgIpc) is 3.19. The first-order valence-electron chi connectivity index (χ1n) is 9.43. The van der Waals surface area contributed by atoms with E-state index < -0.39 is 0 Å². The molecule has 3 heterocycles. The van der Waals surface area contributed by atoms with Crippen molar-refractivity contribution >= 4 is 28.8 Å². The third kappa shape index (κ3) is 5.21. The molecule has 0 spiro atoms. The number of carbonyl (C=O) groups excluding carboxylic acids is 1. The zero-order chi connectivity index (χ0) is 19.2. The number of hydrogen-bond donors (Lipinski definition) is 1. The number of rotatable bonds is 7. The van der Waals surface area contributed by atoms with Crippen LogP contribution in [0.25, 0.3) is 0 Å². The van der Waals surface area contributed by atoms with Crippen molar-refractivity contribution in [3.05, 3.63) is 45.2 Å². The molecule has 146 valence electrons. The SMILES string of the molecule is CCOc1ccc(Cl)c(C(=O)NCC(c2cccs2)N2CCC(C)CC2)n1. The summed E-state index contributed by atoms with van der Waals surface area (Å²) in [5, 5.41) is 5.44. The van der Waals surface area contributed by atoms with Gasteiger partial charge >= 0.3 is 0 Å². The Balaban J connectivity index is 1.70. The summed E-state index contributed by atoms with van der Waals surface area (Å²) in [4.78, 5) is 20.7. The summed E-state index contributed by atoms with van der Waals surface area (Å²) in [6.07, 6.45) is 2.39. The number of amides is 1. The van der Waals surface area contributed by atoms with E-state index in [-0.39, 0.29) is 17.6 Å². The van der Waals surface area contributed by atoms with Crippen LogP contribution < -0.4 is 10.1 Å². The first kappa shape index (κ1) is 20.1. The molecule has 1 atom stereocenters. The fraction of sp³-hybridized carbons (Fsp3) is 0.500. The van der Waals surface area contributed by atoms with Crippen LogP contribution in [0.5, 0.6) is 5.88 Å². The Labute approximate surface area is 169 Å². The Hall–Kier alpha value is -1.63. The maximum atomic E-state index is 12.7. The molecule has 0 bridgehead atoms. The van der Waals surface area contributed by atoms with Gasteiger partial charge < -0.3 is 10.1 Å². The second-order valence-corrected chi connectivity index (χ2v) is 8.26. The molecule has 1 saturated heterocycles. The normalized spacial score (nSPS) is 16.9. The van der Waals surface area contributed by atoms with E-state index in [1.807, 2.05) is 6.92 Å². The summed E-state index contributed by atoms with van der Waals surface area (Å²) in [6.45, 7) is 7.31. The predicted octanol–water partition coefficient (Wildman–Crippen LogP) is 4.40. The molecule has 27 heavy (non-hydrogen) atoms. The van der Waals surface area contributed by atoms with Gasteiger partial charge in [-0.2, -0.15) is 0 Å². The zero-order valence-electron chi connectivity index (χ0n) is 15.8. The number of ether oxygens (including phenoxy) is 1. The van der Waals surface area contributed by atoms with Crippen molar-refractivity contribution in [2.24, 2.45) is 5.92 Å². The summed E-state index contributed by atoms with van der Waals surface area (Å²) in [6, 6.07) is 7.70. The second kappa shape index (κ2) is 9.53. The molecule has 0 radical (unpaired) electrons. The van der Waals surface area contributed by atoms with Crippen LogP contribution in [-0.4, -0.2) is 42.0 Å². The van der Waals surface area contributed by atoms with Gasteiger partial charge in [0.15, 0.2) is 5.69 Å². The number of halogens is 1. The minimum Gasteiger partial charge on any atom is -0.478 e. The van der Waals surface area contributed by atoms with Gasteiger partial charge in [-0.05, 0) is 56.3 Å². The molecule has 2 aromatic rings. The van der Waals surface area contributed by atoms with Gasteiger partial charge in [-0.15, -0.1) is 11.3 Å². The van der Waals surface area contributed by atoms with Gasteiger partial charge in [-0.25, -0.2) is 4.98 Å². The van der Waals surface area contributed by atoms with Crippen LogP contribution in [-0.2, 0) is 0 Å². The summed E-state index contributed by atoms with van der Waals surface area (Å²) in [5.74, 6) is 0.907. The number of nitrogens with zero attached hydrogens (tertiary/aromatic N) is 2. The second-order valence-electron chi connectivity index (χ2n) is 6.87. The van der Waals surface area contributed by atoms with E-state index >= 15 is 0 Å². The van der Waals surface area contributed by atoms with Crippen molar-refractivity contribution in [3.8, 4) is 5.88 Å². The van der Waals surface area contributed by atoms with E-state index in [2.05, 4.69) is 39.6 Å². The van der Waals surface area contributed by atoms with Gasteiger partial charge in [0.1, 0.15) is 0 Å². The third-order valence-corrected chi connectivity index (χ3v) is 6.19. The van der Waals surface area contributed by atoms with Crippen LogP contribution >= 0.6 is 22.9 Å². The van der Waals surface area contributed by atoms with Crippen LogP contribution in [0.3, 0.4) is 0 Å². The summed E-state index contributed by atoms with van der Waals surface area (Å²) in [5.41, 5.74) is 0.208. The molecule has 1 fully saturated rings. The molecule has 7 heteroatoms. The van der Waals surface area contributed by atoms with Crippen molar-refractivity contribution in [2.75, 3.05) is 26.2 Å². The minimum absolute atomic E-state index is 0.176. The summed E-state index contributed by atoms with van der Waals surface area (Å²) >= 11 is 7.91. The van der Waals surface area contributed by atoms with E-state index in [1.54, 1.807) is 23.5 Å². The van der Waals surface area contributed by atoms with E-state index in [1.165, 1.54) is 17.7 Å². The highest BCUT2D eigenvalue weighted by atomic mass is 35.5. The monoisotopic (exact) mass is 407 g/mol. The molecular formula is C20H26ClN3O2S. The van der Waals surface area contributed by atoms with Gasteiger partial charge in [0, 0.05) is 17.5 Å². The van der Waals surface area contributed by atoms with E-state index in [0.29, 0.717) is 24.1 Å². The Morgan fingerprint density at radius 1 is 1.41 bits per heavy atom. The number of nitrogens with one attached hydrogen (secondary N) is 1. The molecule has 1 amide bonds. The fourth-order valence-corrected chi connectivity index (χ4v) is 4.37. The lowest BCUT2D eigenvalue weighted by Gasteiger charge is -2.36. The molecule has 0 aromatic carbocycles. The van der Waals surface area contributed by atoms with Crippen molar-refractivity contribution in [3.63, 3.8) is 0 Å². The molecule has 2 aromatic heterocycles. The number of piperidine rings is 1. The maximum absolute atomic E-state index is 12.7. The summed E-state index contributed by atoms with van der Waals surface area (Å²) < 4.78 is 5.39. The lowest BCUT2D eigenvalue weighted by Crippen LogP contribution is -2.41. The van der Waals surface area contributed by atoms with E-state index in [4.69, 9.17) is 16.3 Å². The molecule has 3 rings (SSSR count). The lowest BCUT2D eigenvalue weighted by atomic mass is 9.97. The number of pyridine rings is 1. The van der Waals surface area contributed by atoms with Gasteiger partial charge in [0.2, 0.25) is 5.88 Å². The first-order chi connectivity index (χ1) is 13.1. The first-order valence-corrected chi connectivity index (χ1v) is 10.7. The smallest absolute Gasteiger partial charge is 0.271 e. The van der Waals surface area contributed by atoms with Crippen molar-refractivity contribution < 1.29 is 9.53 Å². The number of likely N-dealkylation sites (tertiary alicyclic amines) is 1. The minimum atomic E-state index is -0.270. The molecule has 1 aliphatic heterocycles. The van der Waals surface area contributed by atoms with Crippen LogP contribution in [0.15, 0.2) is 29.6 Å². The van der Waals surface area contributed by atoms with Crippen LogP contribution in [0.4, 0.5) is 0 Å². The highest BCUT2D eigenvalue weighted by Gasteiger charge is 2.26. The predicted molar refractivity (Wildman–Crippen MR) is 110 cm³/mol. The molecule has 0 saturated carbocycles. The van der Waals surface area contributed by atoms with Crippen molar-refractivity contribution in [1.82, 2.24) is 15.2 Å². The highest BCUT2D eigenvalue weighted by Crippen LogP contribution is 2.29. The fourth-order valence-electron chi connectivity index (χ4n) is 3.32. The Morgan fingerprint density at radius 3 is 2.85 bits per heavy atom. The molecule has 1 unspecified atom stereocenters. The third-order valence-electron chi connectivity index (χ3n) is 4.91. The van der Waals surface area contributed by atoms with Crippen LogP contribution in [0.2, 0.25) is 5.02 Å². The lowest BCUT2D eigenvalue weighted by molar-refractivity contribution is 0.0909. The number of carbonyl (C=O) groups is 1. The molecule has 1 aliphatic rings. The van der Waals surface area contributed by atoms with E-state index in [0.717, 1.165) is 19.0 Å². The van der Waals surface area contributed by atoms with Crippen molar-refractivity contribution in [2.45, 2.75) is 32.7 Å². The zero-order valence-corrected chi connectivity index (χ0v) is 17.4. The van der Waals surface area contributed by atoms with E-state index in [9.17, 15) is 4.79 Å². The van der Waals surface area contributed by atoms with Gasteiger partial charge in [-0.1, -0.05) is 24.6 Å². The molecule has 5 nitrogen and oxygen atoms in total. The van der Waals surface area contributed by atoms with Crippen molar-refractivity contribution in [1.29, 1.82) is 0 Å². The number of hydrogen-bond acceptors (Lipinski definition) is 5. The Morgan fingerprint density at radius 2 is 2.19 bits per heavy atom. The quantitative estimate of drug-likeness (QED) is 0.739. The molecular weight excluding hydrogens is 382 g/mol.